The average Bonchev–Trinajstić information content (AvgIpc) is 2.37. The molecular weight excluding hydrogens is 240 g/mol. The highest BCUT2D eigenvalue weighted by molar-refractivity contribution is 5.80. The number of nitrogens with one attached hydrogen (secondary N) is 1. The predicted molar refractivity (Wildman–Crippen MR) is 78.1 cm³/mol. The molecule has 0 bridgehead atoms. The van der Waals surface area contributed by atoms with Gasteiger partial charge in [0.15, 0.2) is 0 Å². The second-order valence-electron chi connectivity index (χ2n) is 6.99. The second-order valence-corrected chi connectivity index (χ2v) is 6.99. The molecule has 1 fully saturated rings. The van der Waals surface area contributed by atoms with E-state index in [1.165, 1.54) is 20.0 Å². The van der Waals surface area contributed by atoms with Crippen molar-refractivity contribution in [3.63, 3.8) is 0 Å². The summed E-state index contributed by atoms with van der Waals surface area (Å²) in [5.41, 5.74) is -0.218. The highest BCUT2D eigenvalue weighted by Gasteiger charge is 2.37. The molecular formula is C15H30N2O2. The Hall–Kier alpha value is -0.610. The summed E-state index contributed by atoms with van der Waals surface area (Å²) in [5, 5.41) is 3.10. The van der Waals surface area contributed by atoms with Crippen molar-refractivity contribution in [3.8, 4) is 0 Å². The van der Waals surface area contributed by atoms with Crippen LogP contribution >= 0.6 is 0 Å². The van der Waals surface area contributed by atoms with Crippen LogP contribution in [-0.4, -0.2) is 50.2 Å². The maximum atomic E-state index is 11.9. The van der Waals surface area contributed by atoms with Gasteiger partial charge in [-0.2, -0.15) is 0 Å². The first-order valence-electron chi connectivity index (χ1n) is 7.22. The Morgan fingerprint density at radius 1 is 1.26 bits per heavy atom. The number of nitrogens with zero attached hydrogens (tertiary/aromatic N) is 1. The molecule has 1 unspecified atom stereocenters. The number of hydrogen-bond donors (Lipinski definition) is 1. The first-order chi connectivity index (χ1) is 8.73. The van der Waals surface area contributed by atoms with Crippen molar-refractivity contribution in [1.82, 2.24) is 10.2 Å². The summed E-state index contributed by atoms with van der Waals surface area (Å²) < 4.78 is 4.90. The Bertz CT molecular complexity index is 304. The molecule has 19 heavy (non-hydrogen) atoms. The molecule has 1 atom stereocenters. The lowest BCUT2D eigenvalue weighted by Crippen LogP contribution is -2.57. The van der Waals surface area contributed by atoms with E-state index in [2.05, 4.69) is 31.0 Å². The third kappa shape index (κ3) is 4.18. The van der Waals surface area contributed by atoms with E-state index in [1.807, 2.05) is 14.0 Å². The molecule has 4 nitrogen and oxygen atoms in total. The normalized spacial score (nSPS) is 22.0. The van der Waals surface area contributed by atoms with Crippen LogP contribution in [0.4, 0.5) is 0 Å². The van der Waals surface area contributed by atoms with Gasteiger partial charge in [0, 0.05) is 6.54 Å². The number of carbonyl (C=O) groups is 1. The monoisotopic (exact) mass is 270 g/mol. The molecule has 0 amide bonds. The van der Waals surface area contributed by atoms with Gasteiger partial charge in [0.2, 0.25) is 0 Å². The van der Waals surface area contributed by atoms with E-state index in [1.54, 1.807) is 0 Å². The van der Waals surface area contributed by atoms with Crippen molar-refractivity contribution < 1.29 is 9.53 Å². The van der Waals surface area contributed by atoms with Gasteiger partial charge >= 0.3 is 5.97 Å². The number of hydrogen-bond acceptors (Lipinski definition) is 4. The summed E-state index contributed by atoms with van der Waals surface area (Å²) >= 11 is 0. The Morgan fingerprint density at radius 3 is 2.16 bits per heavy atom. The first kappa shape index (κ1) is 16.4. The maximum absolute atomic E-state index is 11.9. The Kier molecular flexibility index (Phi) is 5.39. The lowest BCUT2D eigenvalue weighted by molar-refractivity contribution is -0.148. The lowest BCUT2D eigenvalue weighted by Gasteiger charge is -2.41. The molecule has 1 heterocycles. The van der Waals surface area contributed by atoms with Crippen molar-refractivity contribution in [2.75, 3.05) is 33.8 Å². The zero-order chi connectivity index (χ0) is 14.7. The third-order valence-electron chi connectivity index (χ3n) is 4.54. The number of methoxy groups -OCH3 is 1. The quantitative estimate of drug-likeness (QED) is 0.792. The van der Waals surface area contributed by atoms with Crippen LogP contribution in [0.15, 0.2) is 0 Å². The first-order valence-corrected chi connectivity index (χ1v) is 7.22. The molecule has 0 aromatic carbocycles. The minimum atomic E-state index is -0.608. The number of likely N-dealkylation sites (tertiary alicyclic amines) is 1. The Labute approximate surface area is 117 Å². The van der Waals surface area contributed by atoms with Gasteiger partial charge in [-0.1, -0.05) is 20.8 Å². The molecule has 0 aromatic heterocycles. The van der Waals surface area contributed by atoms with Crippen LogP contribution < -0.4 is 5.32 Å². The van der Waals surface area contributed by atoms with Gasteiger partial charge in [0.25, 0.3) is 0 Å². The van der Waals surface area contributed by atoms with Crippen molar-refractivity contribution in [3.05, 3.63) is 0 Å². The Balaban J connectivity index is 2.55. The van der Waals surface area contributed by atoms with Crippen LogP contribution in [0.1, 0.15) is 40.5 Å². The highest BCUT2D eigenvalue weighted by atomic mass is 16.5. The number of rotatable bonds is 4. The molecule has 1 aliphatic heterocycles. The second kappa shape index (κ2) is 6.23. The standard InChI is InChI=1S/C15H30N2O2/c1-14(2,3)12-7-9-17(10-8-12)11-15(4,16-5)13(18)19-6/h12,16H,7-11H2,1-6H3. The zero-order valence-electron chi connectivity index (χ0n) is 13.4. The van der Waals surface area contributed by atoms with Gasteiger partial charge in [-0.05, 0) is 51.2 Å². The molecule has 0 saturated carbocycles. The largest absolute Gasteiger partial charge is 0.468 e. The van der Waals surface area contributed by atoms with Gasteiger partial charge in [0.1, 0.15) is 5.54 Å². The molecule has 112 valence electrons. The van der Waals surface area contributed by atoms with E-state index in [9.17, 15) is 4.79 Å². The molecule has 0 aromatic rings. The summed E-state index contributed by atoms with van der Waals surface area (Å²) in [5.74, 6) is 0.593. The average molecular weight is 270 g/mol. The molecule has 0 aliphatic carbocycles. The topological polar surface area (TPSA) is 41.6 Å². The summed E-state index contributed by atoms with van der Waals surface area (Å²) in [6, 6.07) is 0. The number of ether oxygens (including phenoxy) is 1. The van der Waals surface area contributed by atoms with Gasteiger partial charge < -0.3 is 15.0 Å². The van der Waals surface area contributed by atoms with Gasteiger partial charge in [-0.15, -0.1) is 0 Å². The molecule has 1 rings (SSSR count). The fourth-order valence-corrected chi connectivity index (χ4v) is 2.88. The summed E-state index contributed by atoms with van der Waals surface area (Å²) in [6.07, 6.45) is 2.43. The summed E-state index contributed by atoms with van der Waals surface area (Å²) in [6.45, 7) is 11.7. The molecule has 1 aliphatic rings. The van der Waals surface area contributed by atoms with Crippen molar-refractivity contribution in [2.24, 2.45) is 11.3 Å². The number of piperidine rings is 1. The molecule has 0 spiro atoms. The van der Waals surface area contributed by atoms with Crippen LogP contribution in [0.3, 0.4) is 0 Å². The molecule has 4 heteroatoms. The molecule has 0 radical (unpaired) electrons. The number of likely N-dealkylation sites (N-methyl/N-ethyl adjacent to an activating group) is 1. The zero-order valence-corrected chi connectivity index (χ0v) is 13.4. The van der Waals surface area contributed by atoms with Crippen LogP contribution in [0, 0.1) is 11.3 Å². The minimum absolute atomic E-state index is 0.187. The predicted octanol–water partition coefficient (Wildman–Crippen LogP) is 1.90. The lowest BCUT2D eigenvalue weighted by atomic mass is 9.75. The van der Waals surface area contributed by atoms with E-state index >= 15 is 0 Å². The maximum Gasteiger partial charge on any atom is 0.327 e. The van der Waals surface area contributed by atoms with E-state index < -0.39 is 5.54 Å². The van der Waals surface area contributed by atoms with Crippen molar-refractivity contribution in [1.29, 1.82) is 0 Å². The SMILES string of the molecule is CNC(C)(CN1CCC(C(C)(C)C)CC1)C(=O)OC. The van der Waals surface area contributed by atoms with E-state index in [4.69, 9.17) is 4.74 Å². The molecule has 1 saturated heterocycles. The van der Waals surface area contributed by atoms with Crippen LogP contribution in [0.2, 0.25) is 0 Å². The van der Waals surface area contributed by atoms with Crippen molar-refractivity contribution >= 4 is 5.97 Å². The van der Waals surface area contributed by atoms with E-state index in [-0.39, 0.29) is 5.97 Å². The van der Waals surface area contributed by atoms with Gasteiger partial charge in [0.05, 0.1) is 7.11 Å². The van der Waals surface area contributed by atoms with E-state index in [0.29, 0.717) is 12.0 Å². The number of carbonyl (C=O) groups excluding carboxylic acids is 1. The van der Waals surface area contributed by atoms with E-state index in [0.717, 1.165) is 19.0 Å². The third-order valence-corrected chi connectivity index (χ3v) is 4.54. The highest BCUT2D eigenvalue weighted by Crippen LogP contribution is 2.34. The van der Waals surface area contributed by atoms with Crippen LogP contribution in [0.25, 0.3) is 0 Å². The molecule has 1 N–H and O–H groups in total. The summed E-state index contributed by atoms with van der Waals surface area (Å²) in [7, 11) is 3.27. The number of esters is 1. The summed E-state index contributed by atoms with van der Waals surface area (Å²) in [4.78, 5) is 14.2. The Morgan fingerprint density at radius 2 is 1.79 bits per heavy atom. The van der Waals surface area contributed by atoms with Crippen molar-refractivity contribution in [2.45, 2.75) is 46.1 Å². The van der Waals surface area contributed by atoms with Gasteiger partial charge in [-0.3, -0.25) is 4.79 Å². The van der Waals surface area contributed by atoms with Gasteiger partial charge in [-0.25, -0.2) is 0 Å². The van der Waals surface area contributed by atoms with Crippen LogP contribution in [-0.2, 0) is 9.53 Å². The minimum Gasteiger partial charge on any atom is -0.468 e. The van der Waals surface area contributed by atoms with Crippen LogP contribution in [0.5, 0.6) is 0 Å². The smallest absolute Gasteiger partial charge is 0.327 e. The fourth-order valence-electron chi connectivity index (χ4n) is 2.88. The fraction of sp³-hybridized carbons (Fsp3) is 0.933.